The van der Waals surface area contributed by atoms with Crippen LogP contribution in [0.4, 0.5) is 4.79 Å². The van der Waals surface area contributed by atoms with Crippen LogP contribution >= 0.6 is 0 Å². The molecule has 0 spiro atoms. The number of hydrogen-bond donors (Lipinski definition) is 2. The highest BCUT2D eigenvalue weighted by atomic mass is 16.3. The average molecular weight is 350 g/mol. The minimum absolute atomic E-state index is 0.205. The molecule has 0 aromatic carbocycles. The standard InChI is InChI=1S/C15H18N4O6/c1-3-16-12(21)9(2)17-11(20)8-19-14(23)13(22)18(15(19)24)7-10-5-4-6-25-10/h4-6,9H,3,7-8H2,1-2H3,(H,16,21)(H,17,20)/t9-/m0/s1. The van der Waals surface area contributed by atoms with Gasteiger partial charge >= 0.3 is 17.8 Å². The first-order valence-electron chi connectivity index (χ1n) is 7.62. The Morgan fingerprint density at radius 3 is 2.48 bits per heavy atom. The van der Waals surface area contributed by atoms with Gasteiger partial charge in [-0.3, -0.25) is 19.2 Å². The number of nitrogens with zero attached hydrogens (tertiary/aromatic N) is 2. The van der Waals surface area contributed by atoms with E-state index in [0.29, 0.717) is 22.1 Å². The van der Waals surface area contributed by atoms with Crippen molar-refractivity contribution in [3.8, 4) is 0 Å². The lowest BCUT2D eigenvalue weighted by Gasteiger charge is -2.17. The molecule has 10 nitrogen and oxygen atoms in total. The zero-order valence-corrected chi connectivity index (χ0v) is 13.8. The summed E-state index contributed by atoms with van der Waals surface area (Å²) in [5.74, 6) is -2.94. The first-order chi connectivity index (χ1) is 11.8. The van der Waals surface area contributed by atoms with Crippen molar-refractivity contribution in [1.82, 2.24) is 20.4 Å². The van der Waals surface area contributed by atoms with E-state index in [0.717, 1.165) is 0 Å². The van der Waals surface area contributed by atoms with Gasteiger partial charge in [-0.15, -0.1) is 0 Å². The van der Waals surface area contributed by atoms with Crippen LogP contribution in [0.5, 0.6) is 0 Å². The average Bonchev–Trinajstić information content (AvgIpc) is 3.14. The number of likely N-dealkylation sites (N-methyl/N-ethyl adjacent to an activating group) is 1. The lowest BCUT2D eigenvalue weighted by Crippen LogP contribution is -2.49. The van der Waals surface area contributed by atoms with Crippen LogP contribution in [0.1, 0.15) is 19.6 Å². The number of hydrogen-bond acceptors (Lipinski definition) is 6. The Morgan fingerprint density at radius 1 is 1.20 bits per heavy atom. The zero-order chi connectivity index (χ0) is 18.6. The van der Waals surface area contributed by atoms with Gasteiger partial charge < -0.3 is 15.1 Å². The Bertz CT molecular complexity index is 699. The van der Waals surface area contributed by atoms with Crippen LogP contribution in [0, 0.1) is 0 Å². The van der Waals surface area contributed by atoms with Crippen LogP contribution in [-0.4, -0.2) is 58.6 Å². The van der Waals surface area contributed by atoms with E-state index in [1.54, 1.807) is 19.1 Å². The van der Waals surface area contributed by atoms with E-state index in [4.69, 9.17) is 4.42 Å². The van der Waals surface area contributed by atoms with Gasteiger partial charge in [0.1, 0.15) is 18.3 Å². The van der Waals surface area contributed by atoms with Gasteiger partial charge in [-0.25, -0.2) is 14.6 Å². The van der Waals surface area contributed by atoms with E-state index in [9.17, 15) is 24.0 Å². The predicted octanol–water partition coefficient (Wildman–Crippen LogP) is -0.789. The molecule has 0 saturated carbocycles. The lowest BCUT2D eigenvalue weighted by molar-refractivity contribution is -0.144. The number of carbonyl (C=O) groups excluding carboxylic acids is 5. The molecule has 1 atom stereocenters. The monoisotopic (exact) mass is 350 g/mol. The van der Waals surface area contributed by atoms with Gasteiger partial charge in [0.25, 0.3) is 0 Å². The molecule has 6 amide bonds. The molecule has 1 aromatic heterocycles. The van der Waals surface area contributed by atoms with Gasteiger partial charge in [0.15, 0.2) is 0 Å². The van der Waals surface area contributed by atoms with E-state index >= 15 is 0 Å². The number of amides is 6. The Hall–Kier alpha value is -3.17. The van der Waals surface area contributed by atoms with Gasteiger partial charge in [0, 0.05) is 6.54 Å². The fraction of sp³-hybridized carbons (Fsp3) is 0.400. The fourth-order valence-electron chi connectivity index (χ4n) is 2.21. The summed E-state index contributed by atoms with van der Waals surface area (Å²) >= 11 is 0. The van der Waals surface area contributed by atoms with Gasteiger partial charge in [0.2, 0.25) is 11.8 Å². The molecule has 2 rings (SSSR count). The van der Waals surface area contributed by atoms with Gasteiger partial charge in [0.05, 0.1) is 12.8 Å². The van der Waals surface area contributed by atoms with Crippen molar-refractivity contribution in [2.24, 2.45) is 0 Å². The van der Waals surface area contributed by atoms with Crippen LogP contribution in [0.25, 0.3) is 0 Å². The molecule has 0 bridgehead atoms. The zero-order valence-electron chi connectivity index (χ0n) is 13.8. The molecule has 134 valence electrons. The van der Waals surface area contributed by atoms with E-state index < -0.39 is 42.2 Å². The van der Waals surface area contributed by atoms with Gasteiger partial charge in [-0.2, -0.15) is 0 Å². The van der Waals surface area contributed by atoms with E-state index in [2.05, 4.69) is 10.6 Å². The van der Waals surface area contributed by atoms with E-state index in [-0.39, 0.29) is 6.54 Å². The van der Waals surface area contributed by atoms with Crippen LogP contribution < -0.4 is 10.6 Å². The number of nitrogens with one attached hydrogen (secondary N) is 2. The topological polar surface area (TPSA) is 129 Å². The number of carbonyl (C=O) groups is 5. The van der Waals surface area contributed by atoms with Crippen molar-refractivity contribution in [2.75, 3.05) is 13.1 Å². The van der Waals surface area contributed by atoms with Gasteiger partial charge in [-0.1, -0.05) is 0 Å². The fourth-order valence-corrected chi connectivity index (χ4v) is 2.21. The molecule has 25 heavy (non-hydrogen) atoms. The minimum atomic E-state index is -1.10. The Kier molecular flexibility index (Phi) is 5.52. The normalized spacial score (nSPS) is 15.5. The van der Waals surface area contributed by atoms with Crippen LogP contribution in [0.2, 0.25) is 0 Å². The van der Waals surface area contributed by atoms with E-state index in [1.807, 2.05) is 0 Å². The first-order valence-corrected chi connectivity index (χ1v) is 7.62. The maximum absolute atomic E-state index is 12.2. The number of imide groups is 2. The minimum Gasteiger partial charge on any atom is -0.467 e. The highest BCUT2D eigenvalue weighted by molar-refractivity contribution is 6.44. The van der Waals surface area contributed by atoms with Crippen LogP contribution in [0.15, 0.2) is 22.8 Å². The van der Waals surface area contributed by atoms with Crippen molar-refractivity contribution < 1.29 is 28.4 Å². The Morgan fingerprint density at radius 2 is 1.88 bits per heavy atom. The maximum Gasteiger partial charge on any atom is 0.335 e. The predicted molar refractivity (Wildman–Crippen MR) is 82.7 cm³/mol. The highest BCUT2D eigenvalue weighted by Crippen LogP contribution is 2.16. The Labute approximate surface area is 143 Å². The van der Waals surface area contributed by atoms with E-state index in [1.165, 1.54) is 13.2 Å². The van der Waals surface area contributed by atoms with Crippen LogP contribution in [0.3, 0.4) is 0 Å². The largest absolute Gasteiger partial charge is 0.467 e. The molecule has 1 saturated heterocycles. The molecule has 1 aliphatic rings. The molecular weight excluding hydrogens is 332 g/mol. The third kappa shape index (κ3) is 4.03. The molecule has 0 aliphatic carbocycles. The van der Waals surface area contributed by atoms with Crippen molar-refractivity contribution >= 4 is 29.7 Å². The van der Waals surface area contributed by atoms with Crippen molar-refractivity contribution in [2.45, 2.75) is 26.4 Å². The quantitative estimate of drug-likeness (QED) is 0.490. The molecule has 2 heterocycles. The number of furan rings is 1. The summed E-state index contributed by atoms with van der Waals surface area (Å²) in [6, 6.07) is 1.38. The smallest absolute Gasteiger partial charge is 0.335 e. The number of rotatable bonds is 7. The molecule has 2 N–H and O–H groups in total. The molecule has 1 aromatic rings. The van der Waals surface area contributed by atoms with Crippen molar-refractivity contribution in [3.63, 3.8) is 0 Å². The van der Waals surface area contributed by atoms with Gasteiger partial charge in [-0.05, 0) is 26.0 Å². The summed E-state index contributed by atoms with van der Waals surface area (Å²) in [6.07, 6.45) is 1.37. The highest BCUT2D eigenvalue weighted by Gasteiger charge is 2.45. The molecule has 1 fully saturated rings. The summed E-state index contributed by atoms with van der Waals surface area (Å²) in [6.45, 7) is 2.74. The van der Waals surface area contributed by atoms with Crippen molar-refractivity contribution in [1.29, 1.82) is 0 Å². The summed E-state index contributed by atoms with van der Waals surface area (Å²) in [7, 11) is 0. The molecule has 0 unspecified atom stereocenters. The number of urea groups is 1. The molecule has 1 aliphatic heterocycles. The summed E-state index contributed by atoms with van der Waals surface area (Å²) in [4.78, 5) is 60.8. The van der Waals surface area contributed by atoms with Crippen LogP contribution in [-0.2, 0) is 25.7 Å². The summed E-state index contributed by atoms with van der Waals surface area (Å²) in [5.41, 5.74) is 0. The molecular formula is C15H18N4O6. The second-order valence-corrected chi connectivity index (χ2v) is 5.33. The molecule has 10 heteroatoms. The molecule has 0 radical (unpaired) electrons. The SMILES string of the molecule is CCNC(=O)[C@H](C)NC(=O)CN1C(=O)C(=O)N(Cc2ccco2)C1=O. The third-order valence-corrected chi connectivity index (χ3v) is 3.45. The lowest BCUT2D eigenvalue weighted by atomic mass is 10.3. The third-order valence-electron chi connectivity index (χ3n) is 3.45. The Balaban J connectivity index is 1.98. The summed E-state index contributed by atoms with van der Waals surface area (Å²) < 4.78 is 5.05. The van der Waals surface area contributed by atoms with Crippen molar-refractivity contribution in [3.05, 3.63) is 24.2 Å². The second kappa shape index (κ2) is 7.60. The maximum atomic E-state index is 12.2. The summed E-state index contributed by atoms with van der Waals surface area (Å²) in [5, 5.41) is 4.89. The second-order valence-electron chi connectivity index (χ2n) is 5.33. The first kappa shape index (κ1) is 18.2.